The summed E-state index contributed by atoms with van der Waals surface area (Å²) >= 11 is 0. The van der Waals surface area contributed by atoms with Gasteiger partial charge in [0.1, 0.15) is 0 Å². The van der Waals surface area contributed by atoms with Gasteiger partial charge in [-0.1, -0.05) is 0 Å². The van der Waals surface area contributed by atoms with Gasteiger partial charge in [0.25, 0.3) is 5.91 Å². The molecule has 0 heterocycles. The molecule has 0 aliphatic carbocycles. The van der Waals surface area contributed by atoms with Gasteiger partial charge in [-0.05, 0) is 32.0 Å². The van der Waals surface area contributed by atoms with E-state index in [1.54, 1.807) is 12.1 Å². The zero-order valence-electron chi connectivity index (χ0n) is 13.1. The molecule has 7 heteroatoms. The Balaban J connectivity index is 2.91. The smallest absolute Gasteiger partial charge is 0.328 e. The third-order valence-electron chi connectivity index (χ3n) is 2.73. The average molecular weight is 311 g/mol. The zero-order chi connectivity index (χ0) is 16.7. The van der Waals surface area contributed by atoms with E-state index in [0.717, 1.165) is 0 Å². The molecule has 1 rings (SSSR count). The second-order valence-electron chi connectivity index (χ2n) is 4.85. The first-order valence-electron chi connectivity index (χ1n) is 6.76. The summed E-state index contributed by atoms with van der Waals surface area (Å²) in [6.07, 6.45) is -0.0355. The molecule has 0 spiro atoms. The highest BCUT2D eigenvalue weighted by Crippen LogP contribution is 2.28. The second kappa shape index (κ2) is 8.23. The fourth-order valence-electron chi connectivity index (χ4n) is 1.74. The fraction of sp³-hybridized carbons (Fsp3) is 0.467. The van der Waals surface area contributed by atoms with E-state index < -0.39 is 17.9 Å². The molecule has 1 unspecified atom stereocenters. The van der Waals surface area contributed by atoms with Crippen LogP contribution >= 0.6 is 0 Å². The van der Waals surface area contributed by atoms with Crippen molar-refractivity contribution in [3.8, 4) is 11.5 Å². The predicted molar refractivity (Wildman–Crippen MR) is 79.5 cm³/mol. The van der Waals surface area contributed by atoms with Gasteiger partial charge in [-0.3, -0.25) is 4.79 Å². The molecule has 0 bridgehead atoms. The lowest BCUT2D eigenvalue weighted by Gasteiger charge is -2.16. The second-order valence-corrected chi connectivity index (χ2v) is 4.85. The Hall–Kier alpha value is -2.28. The van der Waals surface area contributed by atoms with E-state index in [1.165, 1.54) is 20.3 Å². The number of hydrogen-bond donors (Lipinski definition) is 2. The van der Waals surface area contributed by atoms with Crippen molar-refractivity contribution in [3.05, 3.63) is 23.8 Å². The van der Waals surface area contributed by atoms with E-state index in [2.05, 4.69) is 5.32 Å². The molecule has 0 aliphatic rings. The minimum absolute atomic E-state index is 0.0355. The normalized spacial score (nSPS) is 11.9. The van der Waals surface area contributed by atoms with Gasteiger partial charge in [0.15, 0.2) is 17.5 Å². The van der Waals surface area contributed by atoms with Crippen molar-refractivity contribution < 1.29 is 28.9 Å². The molecule has 0 aliphatic heterocycles. The van der Waals surface area contributed by atoms with Crippen molar-refractivity contribution in [2.75, 3.05) is 20.8 Å². The van der Waals surface area contributed by atoms with Gasteiger partial charge in [-0.25, -0.2) is 4.79 Å². The summed E-state index contributed by atoms with van der Waals surface area (Å²) in [5.74, 6) is -0.776. The van der Waals surface area contributed by atoms with Crippen LogP contribution in [0.4, 0.5) is 0 Å². The molecule has 2 N–H and O–H groups in total. The van der Waals surface area contributed by atoms with E-state index in [4.69, 9.17) is 19.3 Å². The van der Waals surface area contributed by atoms with E-state index >= 15 is 0 Å². The first-order chi connectivity index (χ1) is 10.4. The molecule has 22 heavy (non-hydrogen) atoms. The van der Waals surface area contributed by atoms with Crippen LogP contribution in [0.15, 0.2) is 18.2 Å². The maximum absolute atomic E-state index is 12.1. The summed E-state index contributed by atoms with van der Waals surface area (Å²) < 4.78 is 15.5. The molecular weight excluding hydrogens is 290 g/mol. The van der Waals surface area contributed by atoms with Gasteiger partial charge in [-0.2, -0.15) is 0 Å². The Bertz CT molecular complexity index is 529. The number of nitrogens with one attached hydrogen (secondary N) is 1. The molecule has 0 saturated heterocycles. The van der Waals surface area contributed by atoms with Crippen molar-refractivity contribution in [3.63, 3.8) is 0 Å². The quantitative estimate of drug-likeness (QED) is 0.752. The molecule has 7 nitrogen and oxygen atoms in total. The maximum atomic E-state index is 12.1. The highest BCUT2D eigenvalue weighted by Gasteiger charge is 2.21. The minimum atomic E-state index is -1.16. The Morgan fingerprint density at radius 2 is 1.91 bits per heavy atom. The van der Waals surface area contributed by atoms with Gasteiger partial charge in [0, 0.05) is 12.7 Å². The first kappa shape index (κ1) is 17.8. The maximum Gasteiger partial charge on any atom is 0.328 e. The van der Waals surface area contributed by atoms with Crippen molar-refractivity contribution in [1.29, 1.82) is 0 Å². The van der Waals surface area contributed by atoms with E-state index in [1.807, 2.05) is 13.8 Å². The molecule has 0 fully saturated rings. The zero-order valence-corrected chi connectivity index (χ0v) is 13.1. The molecule has 1 aromatic rings. The van der Waals surface area contributed by atoms with Crippen molar-refractivity contribution in [1.82, 2.24) is 5.32 Å². The SMILES string of the molecule is COCC(NC(=O)c1ccc(OC(C)C)c(OC)c1)C(=O)O. The van der Waals surface area contributed by atoms with Crippen LogP contribution in [0.25, 0.3) is 0 Å². The highest BCUT2D eigenvalue weighted by atomic mass is 16.5. The van der Waals surface area contributed by atoms with Crippen LogP contribution in [0.1, 0.15) is 24.2 Å². The lowest BCUT2D eigenvalue weighted by atomic mass is 10.1. The Morgan fingerprint density at radius 3 is 2.41 bits per heavy atom. The molecule has 0 aromatic heterocycles. The van der Waals surface area contributed by atoms with Crippen LogP contribution in [-0.4, -0.2) is 50.0 Å². The lowest BCUT2D eigenvalue weighted by Crippen LogP contribution is -2.43. The van der Waals surface area contributed by atoms with Crippen LogP contribution in [0.3, 0.4) is 0 Å². The van der Waals surface area contributed by atoms with Crippen LogP contribution in [0.5, 0.6) is 11.5 Å². The molecular formula is C15H21NO6. The number of carbonyl (C=O) groups is 2. The standard InChI is InChI=1S/C15H21NO6/c1-9(2)22-12-6-5-10(7-13(12)21-4)14(17)16-11(8-20-3)15(18)19/h5-7,9,11H,8H2,1-4H3,(H,16,17)(H,18,19). The number of amides is 1. The number of carboxylic acid groups (broad SMARTS) is 1. The number of hydrogen-bond acceptors (Lipinski definition) is 5. The molecule has 1 aromatic carbocycles. The third kappa shape index (κ3) is 4.92. The highest BCUT2D eigenvalue weighted by molar-refractivity contribution is 5.97. The molecule has 1 atom stereocenters. The number of carbonyl (C=O) groups excluding carboxylic acids is 1. The number of methoxy groups -OCH3 is 2. The van der Waals surface area contributed by atoms with Gasteiger partial charge < -0.3 is 24.6 Å². The van der Waals surface area contributed by atoms with Crippen molar-refractivity contribution in [2.45, 2.75) is 26.0 Å². The van der Waals surface area contributed by atoms with Crippen molar-refractivity contribution >= 4 is 11.9 Å². The van der Waals surface area contributed by atoms with E-state index in [0.29, 0.717) is 11.5 Å². The summed E-state index contributed by atoms with van der Waals surface area (Å²) in [7, 11) is 2.83. The lowest BCUT2D eigenvalue weighted by molar-refractivity contribution is -0.140. The number of aliphatic carboxylic acids is 1. The largest absolute Gasteiger partial charge is 0.493 e. The summed E-state index contributed by atoms with van der Waals surface area (Å²) in [4.78, 5) is 23.1. The summed E-state index contributed by atoms with van der Waals surface area (Å²) in [5.41, 5.74) is 0.273. The number of benzene rings is 1. The van der Waals surface area contributed by atoms with Gasteiger partial charge in [0.2, 0.25) is 0 Å². The monoisotopic (exact) mass is 311 g/mol. The Labute approximate surface area is 129 Å². The molecule has 122 valence electrons. The Kier molecular flexibility index (Phi) is 6.65. The summed E-state index contributed by atoms with van der Waals surface area (Å²) in [5, 5.41) is 11.4. The van der Waals surface area contributed by atoms with Crippen molar-refractivity contribution in [2.24, 2.45) is 0 Å². The van der Waals surface area contributed by atoms with Crippen LogP contribution in [0, 0.1) is 0 Å². The van der Waals surface area contributed by atoms with Gasteiger partial charge in [-0.15, -0.1) is 0 Å². The van der Waals surface area contributed by atoms with Gasteiger partial charge in [0.05, 0.1) is 19.8 Å². The fourth-order valence-corrected chi connectivity index (χ4v) is 1.74. The summed E-state index contributed by atoms with van der Waals surface area (Å²) in [6, 6.07) is 3.54. The molecule has 0 radical (unpaired) electrons. The number of rotatable bonds is 8. The molecule has 0 saturated carbocycles. The van der Waals surface area contributed by atoms with Crippen LogP contribution in [-0.2, 0) is 9.53 Å². The average Bonchev–Trinajstić information content (AvgIpc) is 2.46. The summed E-state index contributed by atoms with van der Waals surface area (Å²) in [6.45, 7) is 3.64. The topological polar surface area (TPSA) is 94.1 Å². The molecule has 1 amide bonds. The third-order valence-corrected chi connectivity index (χ3v) is 2.73. The minimum Gasteiger partial charge on any atom is -0.493 e. The van der Waals surface area contributed by atoms with E-state index in [-0.39, 0.29) is 18.3 Å². The van der Waals surface area contributed by atoms with Crippen LogP contribution < -0.4 is 14.8 Å². The van der Waals surface area contributed by atoms with Gasteiger partial charge >= 0.3 is 5.97 Å². The number of carboxylic acids is 1. The first-order valence-corrected chi connectivity index (χ1v) is 6.76. The Morgan fingerprint density at radius 1 is 1.23 bits per heavy atom. The van der Waals surface area contributed by atoms with E-state index in [9.17, 15) is 9.59 Å². The number of ether oxygens (including phenoxy) is 3. The van der Waals surface area contributed by atoms with Crippen LogP contribution in [0.2, 0.25) is 0 Å². The predicted octanol–water partition coefficient (Wildman–Crippen LogP) is 1.31.